The first-order chi connectivity index (χ1) is 12.5. The summed E-state index contributed by atoms with van der Waals surface area (Å²) in [6.07, 6.45) is 8.35. The second-order valence-electron chi connectivity index (χ2n) is 7.50. The molecule has 0 aromatic carbocycles. The van der Waals surface area contributed by atoms with Crippen molar-refractivity contribution >= 4 is 23.8 Å². The molecule has 1 aliphatic heterocycles. The van der Waals surface area contributed by atoms with E-state index in [9.17, 15) is 19.2 Å². The molecule has 26 heavy (non-hydrogen) atoms. The van der Waals surface area contributed by atoms with Crippen LogP contribution in [-0.2, 0) is 19.1 Å². The van der Waals surface area contributed by atoms with Crippen LogP contribution in [0.1, 0.15) is 57.8 Å². The molecule has 3 fully saturated rings. The number of ether oxygens (including phenoxy) is 1. The van der Waals surface area contributed by atoms with Crippen LogP contribution in [-0.4, -0.2) is 54.0 Å². The fourth-order valence-corrected chi connectivity index (χ4v) is 4.17. The molecule has 8 nitrogen and oxygen atoms in total. The van der Waals surface area contributed by atoms with E-state index in [1.54, 1.807) is 4.90 Å². The number of carbonyl (C=O) groups is 4. The van der Waals surface area contributed by atoms with Gasteiger partial charge in [0.15, 0.2) is 6.61 Å². The highest BCUT2D eigenvalue weighted by Gasteiger charge is 2.39. The summed E-state index contributed by atoms with van der Waals surface area (Å²) < 4.78 is 5.01. The zero-order valence-corrected chi connectivity index (χ0v) is 15.0. The van der Waals surface area contributed by atoms with Crippen molar-refractivity contribution in [3.8, 4) is 0 Å². The molecule has 4 amide bonds. The Morgan fingerprint density at radius 3 is 2.38 bits per heavy atom. The highest BCUT2D eigenvalue weighted by atomic mass is 16.5. The van der Waals surface area contributed by atoms with Crippen LogP contribution in [0.15, 0.2) is 0 Å². The first-order valence-electron chi connectivity index (χ1n) is 9.59. The molecule has 3 rings (SSSR count). The Bertz CT molecular complexity index is 567. The van der Waals surface area contributed by atoms with Crippen LogP contribution in [0, 0.1) is 5.92 Å². The lowest BCUT2D eigenvalue weighted by Crippen LogP contribution is -2.45. The molecule has 1 saturated heterocycles. The molecule has 8 heteroatoms. The number of hydrogen-bond acceptors (Lipinski definition) is 5. The van der Waals surface area contributed by atoms with Crippen LogP contribution >= 0.6 is 0 Å². The van der Waals surface area contributed by atoms with Gasteiger partial charge in [-0.1, -0.05) is 25.7 Å². The van der Waals surface area contributed by atoms with Gasteiger partial charge in [0.1, 0.15) is 0 Å². The fraction of sp³-hybridized carbons (Fsp3) is 0.778. The van der Waals surface area contributed by atoms with Crippen LogP contribution in [0.5, 0.6) is 0 Å². The normalized spacial score (nSPS) is 24.1. The number of nitrogens with zero attached hydrogens (tertiary/aromatic N) is 1. The zero-order chi connectivity index (χ0) is 18.5. The van der Waals surface area contributed by atoms with E-state index >= 15 is 0 Å². The van der Waals surface area contributed by atoms with Crippen molar-refractivity contribution in [3.63, 3.8) is 0 Å². The van der Waals surface area contributed by atoms with E-state index in [0.29, 0.717) is 6.54 Å². The summed E-state index contributed by atoms with van der Waals surface area (Å²) in [6.45, 7) is -0.142. The van der Waals surface area contributed by atoms with Crippen molar-refractivity contribution in [3.05, 3.63) is 0 Å². The summed E-state index contributed by atoms with van der Waals surface area (Å²) in [5, 5.41) is 4.90. The van der Waals surface area contributed by atoms with Crippen molar-refractivity contribution in [1.82, 2.24) is 15.5 Å². The number of carbonyl (C=O) groups excluding carboxylic acids is 4. The number of likely N-dealkylation sites (tertiary alicyclic amines) is 1. The van der Waals surface area contributed by atoms with E-state index in [-0.39, 0.29) is 24.4 Å². The maximum atomic E-state index is 12.1. The van der Waals surface area contributed by atoms with Gasteiger partial charge in [-0.05, 0) is 25.7 Å². The number of imide groups is 1. The van der Waals surface area contributed by atoms with Crippen LogP contribution < -0.4 is 10.6 Å². The maximum Gasteiger partial charge on any atom is 0.321 e. The van der Waals surface area contributed by atoms with Crippen LogP contribution in [0.4, 0.5) is 4.79 Å². The SMILES string of the molecule is O=C(COC(=O)[C@@H]1CC(=O)N(C2CCCC2)C1)NC(=O)NC1CCCC1. The molecule has 1 heterocycles. The molecular weight excluding hydrogens is 338 g/mol. The third kappa shape index (κ3) is 4.74. The minimum atomic E-state index is -0.661. The van der Waals surface area contributed by atoms with Gasteiger partial charge in [-0.15, -0.1) is 0 Å². The maximum absolute atomic E-state index is 12.1. The van der Waals surface area contributed by atoms with E-state index in [0.717, 1.165) is 51.4 Å². The van der Waals surface area contributed by atoms with Gasteiger partial charge in [-0.2, -0.15) is 0 Å². The molecular formula is C18H27N3O5. The standard InChI is InChI=1S/C18H27N3O5/c22-15(20-18(25)19-13-5-1-2-6-13)11-26-17(24)12-9-16(23)21(10-12)14-7-3-4-8-14/h12-14H,1-11H2,(H2,19,20,22,25)/t12-/m1/s1. The number of rotatable bonds is 5. The Balaban J connectivity index is 1.37. The number of esters is 1. The summed E-state index contributed by atoms with van der Waals surface area (Å²) in [5.41, 5.74) is 0. The Morgan fingerprint density at radius 2 is 1.69 bits per heavy atom. The van der Waals surface area contributed by atoms with Gasteiger partial charge in [-0.3, -0.25) is 19.7 Å². The fourth-order valence-electron chi connectivity index (χ4n) is 4.17. The van der Waals surface area contributed by atoms with Crippen molar-refractivity contribution in [2.45, 2.75) is 69.9 Å². The summed E-state index contributed by atoms with van der Waals surface area (Å²) in [6, 6.07) is -0.208. The minimum absolute atomic E-state index is 0.0146. The Labute approximate surface area is 153 Å². The average molecular weight is 365 g/mol. The van der Waals surface area contributed by atoms with E-state index in [1.807, 2.05) is 0 Å². The highest BCUT2D eigenvalue weighted by Crippen LogP contribution is 2.29. The van der Waals surface area contributed by atoms with Gasteiger partial charge >= 0.3 is 12.0 Å². The lowest BCUT2D eigenvalue weighted by molar-refractivity contribution is -0.152. The molecule has 2 saturated carbocycles. The van der Waals surface area contributed by atoms with Gasteiger partial charge in [0.25, 0.3) is 5.91 Å². The summed E-state index contributed by atoms with van der Waals surface area (Å²) in [7, 11) is 0. The Hall–Kier alpha value is -2.12. The van der Waals surface area contributed by atoms with Gasteiger partial charge < -0.3 is 15.0 Å². The summed E-state index contributed by atoms with van der Waals surface area (Å²) >= 11 is 0. The second-order valence-corrected chi connectivity index (χ2v) is 7.50. The molecule has 1 atom stereocenters. The smallest absolute Gasteiger partial charge is 0.321 e. The van der Waals surface area contributed by atoms with Crippen molar-refractivity contribution in [1.29, 1.82) is 0 Å². The third-order valence-corrected chi connectivity index (χ3v) is 5.55. The topological polar surface area (TPSA) is 105 Å². The van der Waals surface area contributed by atoms with Crippen molar-refractivity contribution < 1.29 is 23.9 Å². The molecule has 0 aromatic heterocycles. The van der Waals surface area contributed by atoms with Crippen LogP contribution in [0.2, 0.25) is 0 Å². The van der Waals surface area contributed by atoms with Gasteiger partial charge in [0, 0.05) is 25.0 Å². The lowest BCUT2D eigenvalue weighted by Gasteiger charge is -2.23. The lowest BCUT2D eigenvalue weighted by atomic mass is 10.1. The first kappa shape index (κ1) is 18.7. The molecule has 0 bridgehead atoms. The van der Waals surface area contributed by atoms with Gasteiger partial charge in [-0.25, -0.2) is 4.79 Å². The van der Waals surface area contributed by atoms with Crippen LogP contribution in [0.25, 0.3) is 0 Å². The van der Waals surface area contributed by atoms with E-state index in [4.69, 9.17) is 4.74 Å². The Kier molecular flexibility index (Phi) is 6.11. The second kappa shape index (κ2) is 8.51. The zero-order valence-electron chi connectivity index (χ0n) is 15.0. The molecule has 144 valence electrons. The van der Waals surface area contributed by atoms with Gasteiger partial charge in [0.2, 0.25) is 5.91 Å². The number of urea groups is 1. The summed E-state index contributed by atoms with van der Waals surface area (Å²) in [5.74, 6) is -1.75. The number of nitrogens with one attached hydrogen (secondary N) is 2. The third-order valence-electron chi connectivity index (χ3n) is 5.55. The van der Waals surface area contributed by atoms with E-state index < -0.39 is 30.4 Å². The Morgan fingerprint density at radius 1 is 1.04 bits per heavy atom. The predicted molar refractivity (Wildman–Crippen MR) is 92.0 cm³/mol. The largest absolute Gasteiger partial charge is 0.455 e. The quantitative estimate of drug-likeness (QED) is 0.710. The molecule has 3 aliphatic rings. The molecule has 0 aromatic rings. The molecule has 0 radical (unpaired) electrons. The monoisotopic (exact) mass is 365 g/mol. The predicted octanol–water partition coefficient (Wildman–Crippen LogP) is 1.09. The minimum Gasteiger partial charge on any atom is -0.455 e. The average Bonchev–Trinajstić information content (AvgIpc) is 3.33. The number of hydrogen-bond donors (Lipinski definition) is 2. The van der Waals surface area contributed by atoms with Crippen molar-refractivity contribution in [2.24, 2.45) is 5.92 Å². The van der Waals surface area contributed by atoms with Crippen LogP contribution in [0.3, 0.4) is 0 Å². The molecule has 2 aliphatic carbocycles. The van der Waals surface area contributed by atoms with Gasteiger partial charge in [0.05, 0.1) is 5.92 Å². The molecule has 2 N–H and O–H groups in total. The first-order valence-corrected chi connectivity index (χ1v) is 9.59. The highest BCUT2D eigenvalue weighted by molar-refractivity contribution is 5.96. The van der Waals surface area contributed by atoms with E-state index in [2.05, 4.69) is 10.6 Å². The van der Waals surface area contributed by atoms with E-state index in [1.165, 1.54) is 0 Å². The molecule has 0 spiro atoms. The number of amides is 4. The molecule has 0 unspecified atom stereocenters. The summed E-state index contributed by atoms with van der Waals surface area (Å²) in [4.78, 5) is 49.5. The van der Waals surface area contributed by atoms with Crippen molar-refractivity contribution in [2.75, 3.05) is 13.2 Å².